The molecule has 1 aliphatic heterocycles. The van der Waals surface area contributed by atoms with Crippen LogP contribution in [0.5, 0.6) is 5.75 Å². The van der Waals surface area contributed by atoms with Crippen molar-refractivity contribution < 1.29 is 36.5 Å². The van der Waals surface area contributed by atoms with E-state index in [1.807, 2.05) is 6.92 Å². The van der Waals surface area contributed by atoms with Gasteiger partial charge >= 0.3 is 22.1 Å². The van der Waals surface area contributed by atoms with Crippen molar-refractivity contribution in [2.75, 3.05) is 11.5 Å². The van der Waals surface area contributed by atoms with Gasteiger partial charge in [-0.3, -0.25) is 14.9 Å². The van der Waals surface area contributed by atoms with Crippen molar-refractivity contribution in [3.05, 3.63) is 107 Å². The molecule has 42 heavy (non-hydrogen) atoms. The zero-order valence-electron chi connectivity index (χ0n) is 22.5. The molecule has 4 aromatic carbocycles. The molecule has 10 nitrogen and oxygen atoms in total. The van der Waals surface area contributed by atoms with Gasteiger partial charge in [0, 0.05) is 5.56 Å². The topological polar surface area (TPSA) is 136 Å². The first-order chi connectivity index (χ1) is 20.1. The van der Waals surface area contributed by atoms with Crippen LogP contribution >= 0.6 is 0 Å². The van der Waals surface area contributed by atoms with Gasteiger partial charge in [-0.05, 0) is 73.2 Å². The van der Waals surface area contributed by atoms with Gasteiger partial charge in [0.2, 0.25) is 0 Å². The number of hydrogen-bond donors (Lipinski definition) is 1. The van der Waals surface area contributed by atoms with Gasteiger partial charge in [0.15, 0.2) is 5.75 Å². The minimum Gasteiger partial charge on any atom is -0.462 e. The number of nitrogens with zero attached hydrogens (tertiary/aromatic N) is 1. The number of fused-ring (bicyclic) bond motifs is 1. The molecule has 1 heterocycles. The molecule has 0 atom stereocenters. The van der Waals surface area contributed by atoms with E-state index in [1.54, 1.807) is 49.4 Å². The Labute approximate surface area is 241 Å². The van der Waals surface area contributed by atoms with Crippen LogP contribution in [0, 0.1) is 6.92 Å². The van der Waals surface area contributed by atoms with E-state index in [9.17, 15) is 27.6 Å². The third-order valence-electron chi connectivity index (χ3n) is 6.47. The Bertz CT molecular complexity index is 1880. The van der Waals surface area contributed by atoms with Gasteiger partial charge < -0.3 is 8.92 Å². The Balaban J connectivity index is 1.58. The standard InChI is InChI=1S/C31H24N2O8S/c1-3-40-30(36)21-10-13-22(14-11-21)33-29(35)26(28(34)32-31(33)37)18-25-24-7-5-4-6-20(24)12-17-27(25)41-42(38,39)23-15-8-19(2)9-16-23/h4-18H,3H2,1-2H3,(H,32,34,37)/b26-18+. The van der Waals surface area contributed by atoms with Crippen LogP contribution < -0.4 is 14.4 Å². The van der Waals surface area contributed by atoms with Crippen molar-refractivity contribution in [2.24, 2.45) is 0 Å². The number of carbonyl (C=O) groups excluding carboxylic acids is 4. The van der Waals surface area contributed by atoms with E-state index in [1.165, 1.54) is 48.5 Å². The second-order valence-corrected chi connectivity index (χ2v) is 10.8. The van der Waals surface area contributed by atoms with E-state index in [0.29, 0.717) is 10.8 Å². The third-order valence-corrected chi connectivity index (χ3v) is 7.72. The fourth-order valence-corrected chi connectivity index (χ4v) is 5.31. The number of carbonyl (C=O) groups is 4. The summed E-state index contributed by atoms with van der Waals surface area (Å²) in [5.41, 5.74) is 0.888. The molecular formula is C31H24N2O8S. The summed E-state index contributed by atoms with van der Waals surface area (Å²) in [7, 11) is -4.28. The van der Waals surface area contributed by atoms with Crippen molar-refractivity contribution in [1.82, 2.24) is 5.32 Å². The van der Waals surface area contributed by atoms with Gasteiger partial charge in [-0.1, -0.05) is 48.0 Å². The van der Waals surface area contributed by atoms with Gasteiger partial charge in [-0.2, -0.15) is 8.42 Å². The minimum atomic E-state index is -4.28. The van der Waals surface area contributed by atoms with Crippen LogP contribution in [-0.2, 0) is 24.4 Å². The molecule has 212 valence electrons. The first-order valence-electron chi connectivity index (χ1n) is 12.8. The van der Waals surface area contributed by atoms with Crippen molar-refractivity contribution >= 4 is 56.5 Å². The maximum absolute atomic E-state index is 13.6. The maximum atomic E-state index is 13.6. The zero-order chi connectivity index (χ0) is 30.0. The predicted molar refractivity (Wildman–Crippen MR) is 154 cm³/mol. The number of ether oxygens (including phenoxy) is 1. The Hall–Kier alpha value is -5.29. The summed E-state index contributed by atoms with van der Waals surface area (Å²) in [5.74, 6) is -2.61. The minimum absolute atomic E-state index is 0.0746. The van der Waals surface area contributed by atoms with E-state index >= 15 is 0 Å². The van der Waals surface area contributed by atoms with Crippen LogP contribution in [-0.4, -0.2) is 38.8 Å². The lowest BCUT2D eigenvalue weighted by molar-refractivity contribution is -0.122. The fraction of sp³-hybridized carbons (Fsp3) is 0.0968. The van der Waals surface area contributed by atoms with Crippen molar-refractivity contribution in [3.8, 4) is 5.75 Å². The molecule has 0 radical (unpaired) electrons. The highest BCUT2D eigenvalue weighted by Gasteiger charge is 2.37. The second kappa shape index (κ2) is 11.3. The molecule has 4 aromatic rings. The highest BCUT2D eigenvalue weighted by atomic mass is 32.2. The SMILES string of the molecule is CCOC(=O)c1ccc(N2C(=O)NC(=O)/C(=C\c3c(OS(=O)(=O)c4ccc(C)cc4)ccc4ccccc34)C2=O)cc1. The predicted octanol–water partition coefficient (Wildman–Crippen LogP) is 4.76. The van der Waals surface area contributed by atoms with Gasteiger partial charge in [-0.25, -0.2) is 14.5 Å². The average Bonchev–Trinajstić information content (AvgIpc) is 2.96. The first kappa shape index (κ1) is 28.2. The van der Waals surface area contributed by atoms with Gasteiger partial charge in [0.25, 0.3) is 11.8 Å². The number of hydrogen-bond acceptors (Lipinski definition) is 8. The third kappa shape index (κ3) is 5.50. The average molecular weight is 585 g/mol. The molecule has 5 rings (SSSR count). The largest absolute Gasteiger partial charge is 0.462 e. The van der Waals surface area contributed by atoms with Gasteiger partial charge in [0.1, 0.15) is 10.5 Å². The molecule has 0 aromatic heterocycles. The molecule has 1 fully saturated rings. The lowest BCUT2D eigenvalue weighted by atomic mass is 9.99. The van der Waals surface area contributed by atoms with E-state index in [0.717, 1.165) is 10.5 Å². The zero-order valence-corrected chi connectivity index (χ0v) is 23.3. The first-order valence-corrected chi connectivity index (χ1v) is 14.2. The second-order valence-electron chi connectivity index (χ2n) is 9.27. The fourth-order valence-electron chi connectivity index (χ4n) is 4.37. The number of benzene rings is 4. The number of amides is 4. The van der Waals surface area contributed by atoms with Crippen molar-refractivity contribution in [1.29, 1.82) is 0 Å². The van der Waals surface area contributed by atoms with Crippen molar-refractivity contribution in [2.45, 2.75) is 18.7 Å². The Morgan fingerprint density at radius 3 is 2.29 bits per heavy atom. The molecule has 1 saturated heterocycles. The van der Waals surface area contributed by atoms with Crippen LogP contribution in [0.1, 0.15) is 28.4 Å². The molecule has 11 heteroatoms. The normalized spacial score (nSPS) is 14.7. The highest BCUT2D eigenvalue weighted by Crippen LogP contribution is 2.33. The van der Waals surface area contributed by atoms with Crippen LogP contribution in [0.2, 0.25) is 0 Å². The van der Waals surface area contributed by atoms with Gasteiger partial charge in [0.05, 0.1) is 17.9 Å². The van der Waals surface area contributed by atoms with Crippen LogP contribution in [0.25, 0.3) is 16.8 Å². The Morgan fingerprint density at radius 2 is 1.60 bits per heavy atom. The summed E-state index contributed by atoms with van der Waals surface area (Å²) in [6, 6.07) is 20.7. The number of nitrogens with one attached hydrogen (secondary N) is 1. The smallest absolute Gasteiger partial charge is 0.339 e. The Kier molecular flexibility index (Phi) is 7.60. The number of imide groups is 2. The number of anilines is 1. The molecule has 0 saturated carbocycles. The lowest BCUT2D eigenvalue weighted by Gasteiger charge is -2.26. The van der Waals surface area contributed by atoms with Crippen LogP contribution in [0.15, 0.2) is 95.4 Å². The monoisotopic (exact) mass is 584 g/mol. The summed E-state index contributed by atoms with van der Waals surface area (Å²) >= 11 is 0. The summed E-state index contributed by atoms with van der Waals surface area (Å²) in [4.78, 5) is 51.9. The summed E-state index contributed by atoms with van der Waals surface area (Å²) in [6.07, 6.45) is 1.20. The quantitative estimate of drug-likeness (QED) is 0.142. The van der Waals surface area contributed by atoms with E-state index in [4.69, 9.17) is 8.92 Å². The molecule has 0 bridgehead atoms. The van der Waals surface area contributed by atoms with E-state index < -0.39 is 39.5 Å². The molecule has 0 unspecified atom stereocenters. The highest BCUT2D eigenvalue weighted by molar-refractivity contribution is 7.87. The molecular weight excluding hydrogens is 560 g/mol. The molecule has 0 aliphatic carbocycles. The van der Waals surface area contributed by atoms with Crippen LogP contribution in [0.3, 0.4) is 0 Å². The number of barbiturate groups is 1. The number of rotatable bonds is 7. The van der Waals surface area contributed by atoms with Crippen LogP contribution in [0.4, 0.5) is 10.5 Å². The summed E-state index contributed by atoms with van der Waals surface area (Å²) in [6.45, 7) is 3.66. The molecule has 4 amide bonds. The van der Waals surface area contributed by atoms with E-state index in [-0.39, 0.29) is 34.1 Å². The van der Waals surface area contributed by atoms with E-state index in [2.05, 4.69) is 5.32 Å². The number of urea groups is 1. The number of aryl methyl sites for hydroxylation is 1. The maximum Gasteiger partial charge on any atom is 0.339 e. The molecule has 1 aliphatic rings. The van der Waals surface area contributed by atoms with Gasteiger partial charge in [-0.15, -0.1) is 0 Å². The summed E-state index contributed by atoms with van der Waals surface area (Å²) in [5, 5.41) is 3.34. The number of esters is 1. The molecule has 0 spiro atoms. The Morgan fingerprint density at radius 1 is 0.905 bits per heavy atom. The lowest BCUT2D eigenvalue weighted by Crippen LogP contribution is -2.54. The summed E-state index contributed by atoms with van der Waals surface area (Å²) < 4.78 is 36.8. The van der Waals surface area contributed by atoms with Crippen molar-refractivity contribution in [3.63, 3.8) is 0 Å². The molecule has 1 N–H and O–H groups in total.